The Hall–Kier alpha value is -2.36. The van der Waals surface area contributed by atoms with Crippen molar-refractivity contribution in [3.8, 4) is 5.75 Å². The molecule has 0 N–H and O–H groups in total. The molecule has 0 aromatic heterocycles. The molecule has 0 saturated heterocycles. The summed E-state index contributed by atoms with van der Waals surface area (Å²) < 4.78 is 18.6. The van der Waals surface area contributed by atoms with Crippen LogP contribution in [0.5, 0.6) is 5.75 Å². The molecule has 2 aromatic carbocycles. The van der Waals surface area contributed by atoms with E-state index in [-0.39, 0.29) is 17.8 Å². The normalized spacial score (nSPS) is 17.3. The van der Waals surface area contributed by atoms with Gasteiger partial charge in [0.05, 0.1) is 11.7 Å². The molecule has 3 nitrogen and oxygen atoms in total. The van der Waals surface area contributed by atoms with E-state index in [2.05, 4.69) is 0 Å². The monoisotopic (exact) mass is 271 g/mol. The minimum absolute atomic E-state index is 0.0672. The van der Waals surface area contributed by atoms with E-state index < -0.39 is 0 Å². The van der Waals surface area contributed by atoms with Gasteiger partial charge in [-0.05, 0) is 43.3 Å². The fourth-order valence-corrected chi connectivity index (χ4v) is 2.34. The van der Waals surface area contributed by atoms with Crippen LogP contribution in [-0.2, 0) is 0 Å². The maximum absolute atomic E-state index is 13.0. The Kier molecular flexibility index (Phi) is 3.14. The number of para-hydroxylation sites is 2. The van der Waals surface area contributed by atoms with E-state index in [0.29, 0.717) is 17.9 Å². The minimum Gasteiger partial charge on any atom is -0.489 e. The van der Waals surface area contributed by atoms with Crippen LogP contribution >= 0.6 is 0 Å². The van der Waals surface area contributed by atoms with E-state index in [4.69, 9.17) is 4.74 Å². The van der Waals surface area contributed by atoms with Crippen molar-refractivity contribution >= 4 is 11.6 Å². The first-order valence-corrected chi connectivity index (χ1v) is 6.48. The third kappa shape index (κ3) is 2.13. The van der Waals surface area contributed by atoms with Gasteiger partial charge >= 0.3 is 0 Å². The van der Waals surface area contributed by atoms with E-state index in [1.54, 1.807) is 4.90 Å². The van der Waals surface area contributed by atoms with Gasteiger partial charge in [-0.3, -0.25) is 9.69 Å². The fourth-order valence-electron chi connectivity index (χ4n) is 2.34. The van der Waals surface area contributed by atoms with Gasteiger partial charge in [-0.1, -0.05) is 12.1 Å². The summed E-state index contributed by atoms with van der Waals surface area (Å²) in [7, 11) is 0. The van der Waals surface area contributed by atoms with Crippen LogP contribution in [0.15, 0.2) is 48.5 Å². The van der Waals surface area contributed by atoms with Crippen LogP contribution in [0.1, 0.15) is 17.3 Å². The van der Waals surface area contributed by atoms with Crippen molar-refractivity contribution in [3.63, 3.8) is 0 Å². The average molecular weight is 271 g/mol. The molecule has 0 bridgehead atoms. The SMILES string of the molecule is C[C@H]1COc2ccccc2N1C(=O)c1ccc(F)cc1. The highest BCUT2D eigenvalue weighted by molar-refractivity contribution is 6.07. The van der Waals surface area contributed by atoms with Crippen LogP contribution in [0.4, 0.5) is 10.1 Å². The number of benzene rings is 2. The summed E-state index contributed by atoms with van der Waals surface area (Å²) in [5.74, 6) is 0.200. The van der Waals surface area contributed by atoms with Crippen LogP contribution < -0.4 is 9.64 Å². The van der Waals surface area contributed by atoms with E-state index in [0.717, 1.165) is 5.69 Å². The van der Waals surface area contributed by atoms with Crippen molar-refractivity contribution in [2.45, 2.75) is 13.0 Å². The Balaban J connectivity index is 2.00. The van der Waals surface area contributed by atoms with Crippen molar-refractivity contribution in [1.82, 2.24) is 0 Å². The first kappa shape index (κ1) is 12.7. The summed E-state index contributed by atoms with van der Waals surface area (Å²) in [6, 6.07) is 13.0. The largest absolute Gasteiger partial charge is 0.489 e. The highest BCUT2D eigenvalue weighted by Gasteiger charge is 2.29. The van der Waals surface area contributed by atoms with E-state index in [1.165, 1.54) is 24.3 Å². The second kappa shape index (κ2) is 4.96. The molecule has 1 heterocycles. The zero-order valence-electron chi connectivity index (χ0n) is 11.0. The Labute approximate surface area is 116 Å². The van der Waals surface area contributed by atoms with Crippen molar-refractivity contribution in [2.24, 2.45) is 0 Å². The molecule has 0 radical (unpaired) electrons. The first-order valence-electron chi connectivity index (χ1n) is 6.48. The van der Waals surface area contributed by atoms with Crippen molar-refractivity contribution in [1.29, 1.82) is 0 Å². The lowest BCUT2D eigenvalue weighted by Crippen LogP contribution is -2.45. The molecule has 1 aliphatic heterocycles. The van der Waals surface area contributed by atoms with E-state index >= 15 is 0 Å². The van der Waals surface area contributed by atoms with Crippen molar-refractivity contribution in [3.05, 3.63) is 59.9 Å². The van der Waals surface area contributed by atoms with E-state index in [9.17, 15) is 9.18 Å². The summed E-state index contributed by atoms with van der Waals surface area (Å²) in [5, 5.41) is 0. The number of carbonyl (C=O) groups excluding carboxylic acids is 1. The molecule has 1 amide bonds. The lowest BCUT2D eigenvalue weighted by atomic mass is 10.1. The minimum atomic E-state index is -0.350. The van der Waals surface area contributed by atoms with Gasteiger partial charge in [0, 0.05) is 5.56 Å². The summed E-state index contributed by atoms with van der Waals surface area (Å²) in [6.07, 6.45) is 0. The van der Waals surface area contributed by atoms with Gasteiger partial charge in [-0.2, -0.15) is 0 Å². The molecule has 3 rings (SSSR count). The number of amides is 1. The zero-order valence-corrected chi connectivity index (χ0v) is 11.0. The van der Waals surface area contributed by atoms with Crippen molar-refractivity contribution in [2.75, 3.05) is 11.5 Å². The van der Waals surface area contributed by atoms with Gasteiger partial charge in [-0.15, -0.1) is 0 Å². The zero-order chi connectivity index (χ0) is 14.1. The molecule has 20 heavy (non-hydrogen) atoms. The number of nitrogens with zero attached hydrogens (tertiary/aromatic N) is 1. The number of halogens is 1. The quantitative estimate of drug-likeness (QED) is 0.796. The summed E-state index contributed by atoms with van der Waals surface area (Å²) in [4.78, 5) is 14.3. The molecule has 4 heteroatoms. The molecule has 1 aliphatic rings. The first-order chi connectivity index (χ1) is 9.66. The molecule has 0 spiro atoms. The second-order valence-corrected chi connectivity index (χ2v) is 4.81. The number of hydrogen-bond acceptors (Lipinski definition) is 2. The number of hydrogen-bond donors (Lipinski definition) is 0. The van der Waals surface area contributed by atoms with Crippen molar-refractivity contribution < 1.29 is 13.9 Å². The summed E-state index contributed by atoms with van der Waals surface area (Å²) in [6.45, 7) is 2.38. The maximum Gasteiger partial charge on any atom is 0.258 e. The average Bonchev–Trinajstić information content (AvgIpc) is 2.47. The highest BCUT2D eigenvalue weighted by atomic mass is 19.1. The Morgan fingerprint density at radius 1 is 1.20 bits per heavy atom. The number of rotatable bonds is 1. The molecule has 0 fully saturated rings. The van der Waals surface area contributed by atoms with Gasteiger partial charge in [0.1, 0.15) is 18.2 Å². The number of carbonyl (C=O) groups is 1. The van der Waals surface area contributed by atoms with Crippen LogP contribution in [0, 0.1) is 5.82 Å². The molecular formula is C16H14FNO2. The molecule has 102 valence electrons. The van der Waals surface area contributed by atoms with Crippen LogP contribution in [0.2, 0.25) is 0 Å². The highest BCUT2D eigenvalue weighted by Crippen LogP contribution is 2.34. The Morgan fingerprint density at radius 3 is 2.65 bits per heavy atom. The number of fused-ring (bicyclic) bond motifs is 1. The van der Waals surface area contributed by atoms with E-state index in [1.807, 2.05) is 31.2 Å². The standard InChI is InChI=1S/C16H14FNO2/c1-11-10-20-15-5-3-2-4-14(15)18(11)16(19)12-6-8-13(17)9-7-12/h2-9,11H,10H2,1H3/t11-/m0/s1. The van der Waals surface area contributed by atoms with Crippen LogP contribution in [0.25, 0.3) is 0 Å². The molecule has 0 saturated carbocycles. The molecule has 0 aliphatic carbocycles. The molecule has 0 unspecified atom stereocenters. The predicted molar refractivity (Wildman–Crippen MR) is 74.6 cm³/mol. The molecule has 2 aromatic rings. The van der Waals surface area contributed by atoms with Crippen LogP contribution in [-0.4, -0.2) is 18.6 Å². The third-order valence-corrected chi connectivity index (χ3v) is 3.36. The van der Waals surface area contributed by atoms with Gasteiger partial charge in [0.25, 0.3) is 5.91 Å². The maximum atomic E-state index is 13.0. The smallest absolute Gasteiger partial charge is 0.258 e. The van der Waals surface area contributed by atoms with Gasteiger partial charge in [0.2, 0.25) is 0 Å². The molecule has 1 atom stereocenters. The fraction of sp³-hybridized carbons (Fsp3) is 0.188. The van der Waals surface area contributed by atoms with Gasteiger partial charge in [0.15, 0.2) is 0 Å². The topological polar surface area (TPSA) is 29.5 Å². The predicted octanol–water partition coefficient (Wildman–Crippen LogP) is 3.25. The lowest BCUT2D eigenvalue weighted by molar-refractivity contribution is 0.0961. The lowest BCUT2D eigenvalue weighted by Gasteiger charge is -2.35. The summed E-state index contributed by atoms with van der Waals surface area (Å²) in [5.41, 5.74) is 1.22. The third-order valence-electron chi connectivity index (χ3n) is 3.36. The van der Waals surface area contributed by atoms with Crippen LogP contribution in [0.3, 0.4) is 0 Å². The second-order valence-electron chi connectivity index (χ2n) is 4.81. The molecular weight excluding hydrogens is 257 g/mol. The Morgan fingerprint density at radius 2 is 1.90 bits per heavy atom. The Bertz CT molecular complexity index is 639. The number of ether oxygens (including phenoxy) is 1. The van der Waals surface area contributed by atoms with Gasteiger partial charge in [-0.25, -0.2) is 4.39 Å². The number of anilines is 1. The summed E-state index contributed by atoms with van der Waals surface area (Å²) >= 11 is 0. The van der Waals surface area contributed by atoms with Gasteiger partial charge < -0.3 is 4.74 Å².